The smallest absolute Gasteiger partial charge is 0.419 e. The van der Waals surface area contributed by atoms with Crippen LogP contribution in [0.2, 0.25) is 0 Å². The lowest BCUT2D eigenvalue weighted by molar-refractivity contribution is -0.177. The molecular formula is C56H62F2N2O10. The quantitative estimate of drug-likeness (QED) is 0.0193. The summed E-state index contributed by atoms with van der Waals surface area (Å²) in [7, 11) is 0. The molecule has 0 spiro atoms. The van der Waals surface area contributed by atoms with E-state index in [1.807, 2.05) is 86.6 Å². The van der Waals surface area contributed by atoms with Crippen molar-refractivity contribution in [3.05, 3.63) is 192 Å². The van der Waals surface area contributed by atoms with Crippen molar-refractivity contribution in [3.63, 3.8) is 0 Å². The zero-order chi connectivity index (χ0) is 49.2. The summed E-state index contributed by atoms with van der Waals surface area (Å²) in [5, 5.41) is 6.41. The highest BCUT2D eigenvalue weighted by atomic mass is 19.1. The van der Waals surface area contributed by atoms with E-state index in [1.165, 1.54) is 24.3 Å². The molecule has 0 aliphatic heterocycles. The summed E-state index contributed by atoms with van der Waals surface area (Å²) < 4.78 is 75.6. The third-order valence-electron chi connectivity index (χ3n) is 10.8. The Balaban J connectivity index is 1.11. The minimum Gasteiger partial charge on any atom is -0.490 e. The van der Waals surface area contributed by atoms with Crippen LogP contribution in [0.1, 0.15) is 74.0 Å². The first-order valence-electron chi connectivity index (χ1n) is 23.7. The van der Waals surface area contributed by atoms with Crippen LogP contribution in [-0.2, 0) is 41.8 Å². The van der Waals surface area contributed by atoms with E-state index in [1.54, 1.807) is 60.7 Å². The van der Waals surface area contributed by atoms with E-state index in [0.29, 0.717) is 88.2 Å². The van der Waals surface area contributed by atoms with Gasteiger partial charge in [-0.05, 0) is 123 Å². The Hall–Kier alpha value is -6.84. The zero-order valence-corrected chi connectivity index (χ0v) is 39.6. The molecule has 6 aromatic carbocycles. The second-order valence-electron chi connectivity index (χ2n) is 16.0. The first-order chi connectivity index (χ1) is 34.3. The number of nitrogens with one attached hydrogen (secondary N) is 2. The van der Waals surface area contributed by atoms with Crippen molar-refractivity contribution in [2.24, 2.45) is 0 Å². The third kappa shape index (κ3) is 17.9. The van der Waals surface area contributed by atoms with E-state index < -0.39 is 24.4 Å². The minimum atomic E-state index is -1.26. The Morgan fingerprint density at radius 3 is 1.16 bits per heavy atom. The van der Waals surface area contributed by atoms with Gasteiger partial charge in [0, 0.05) is 0 Å². The number of rotatable bonds is 30. The van der Waals surface area contributed by atoms with Crippen LogP contribution < -0.4 is 29.6 Å². The maximum Gasteiger partial charge on any atom is 0.419 e. The van der Waals surface area contributed by atoms with Crippen LogP contribution in [0.3, 0.4) is 0 Å². The second kappa shape index (κ2) is 29.2. The van der Waals surface area contributed by atoms with Crippen molar-refractivity contribution in [3.8, 4) is 23.0 Å². The molecule has 0 amide bonds. The van der Waals surface area contributed by atoms with Gasteiger partial charge in [0.15, 0.2) is 35.5 Å². The lowest BCUT2D eigenvalue weighted by atomic mass is 10.0. The summed E-state index contributed by atoms with van der Waals surface area (Å²) in [5.74, 6) is -1.39. The molecule has 2 N–H and O–H groups in total. The van der Waals surface area contributed by atoms with Gasteiger partial charge in [-0.15, -0.1) is 0 Å². The fraction of sp³-hybridized carbons (Fsp3) is 0.321. The molecule has 6 aromatic rings. The van der Waals surface area contributed by atoms with Crippen LogP contribution in [0.4, 0.5) is 8.78 Å². The molecule has 0 aliphatic carbocycles. The Kier molecular flexibility index (Phi) is 21.9. The summed E-state index contributed by atoms with van der Waals surface area (Å²) in [5.41, 5.74) is 3.62. The van der Waals surface area contributed by atoms with Gasteiger partial charge < -0.3 is 37.9 Å². The molecule has 4 unspecified atom stereocenters. The zero-order valence-electron chi connectivity index (χ0n) is 39.6. The Bertz CT molecular complexity index is 2260. The molecule has 0 heterocycles. The van der Waals surface area contributed by atoms with Crippen molar-refractivity contribution in [2.75, 3.05) is 39.5 Å². The SMILES string of the molecule is CCOc1ccccc1OCC(NCCCC(OCc1ccccc1)c1ccc(F)cc1)OC(=O)C(=O)OC(COc1ccccc1OCC)NCCCC(OCc1ccccc1)c1ccc(F)cc1. The molecule has 6 rings (SSSR count). The Morgan fingerprint density at radius 2 is 0.800 bits per heavy atom. The summed E-state index contributed by atoms with van der Waals surface area (Å²) >= 11 is 0. The highest BCUT2D eigenvalue weighted by molar-refractivity contribution is 6.29. The van der Waals surface area contributed by atoms with Gasteiger partial charge in [-0.3, -0.25) is 10.6 Å². The number of carbonyl (C=O) groups is 2. The first kappa shape index (κ1) is 52.5. The van der Waals surface area contributed by atoms with Crippen molar-refractivity contribution in [2.45, 2.75) is 77.4 Å². The Labute approximate surface area is 409 Å². The predicted octanol–water partition coefficient (Wildman–Crippen LogP) is 10.6. The number of carbonyl (C=O) groups excluding carboxylic acids is 2. The molecule has 4 atom stereocenters. The van der Waals surface area contributed by atoms with E-state index in [9.17, 15) is 18.4 Å². The van der Waals surface area contributed by atoms with E-state index in [0.717, 1.165) is 22.3 Å². The van der Waals surface area contributed by atoms with E-state index in [4.69, 9.17) is 37.9 Å². The molecular weight excluding hydrogens is 899 g/mol. The van der Waals surface area contributed by atoms with E-state index >= 15 is 0 Å². The molecule has 0 fully saturated rings. The Morgan fingerprint density at radius 1 is 0.457 bits per heavy atom. The van der Waals surface area contributed by atoms with Crippen LogP contribution in [0, 0.1) is 11.6 Å². The van der Waals surface area contributed by atoms with Crippen LogP contribution in [-0.4, -0.2) is 63.9 Å². The van der Waals surface area contributed by atoms with Gasteiger partial charge in [-0.2, -0.15) is 0 Å². The average molecular weight is 961 g/mol. The van der Waals surface area contributed by atoms with Gasteiger partial charge in [0.05, 0.1) is 38.6 Å². The highest BCUT2D eigenvalue weighted by Gasteiger charge is 2.27. The molecule has 0 aromatic heterocycles. The van der Waals surface area contributed by atoms with Gasteiger partial charge in [0.1, 0.15) is 24.8 Å². The molecule has 0 bridgehead atoms. The number of para-hydroxylation sites is 4. The summed E-state index contributed by atoms with van der Waals surface area (Å²) in [6, 6.07) is 46.1. The molecule has 0 aliphatic rings. The molecule has 12 nitrogen and oxygen atoms in total. The predicted molar refractivity (Wildman–Crippen MR) is 261 cm³/mol. The molecule has 0 saturated carbocycles. The second-order valence-corrected chi connectivity index (χ2v) is 16.0. The fourth-order valence-corrected chi connectivity index (χ4v) is 7.33. The largest absolute Gasteiger partial charge is 0.490 e. The van der Waals surface area contributed by atoms with Gasteiger partial charge in [0.25, 0.3) is 0 Å². The van der Waals surface area contributed by atoms with Crippen LogP contribution in [0.25, 0.3) is 0 Å². The highest BCUT2D eigenvalue weighted by Crippen LogP contribution is 2.29. The van der Waals surface area contributed by atoms with Crippen molar-refractivity contribution >= 4 is 11.9 Å². The number of esters is 2. The van der Waals surface area contributed by atoms with Crippen molar-refractivity contribution in [1.29, 1.82) is 0 Å². The van der Waals surface area contributed by atoms with Crippen LogP contribution in [0.5, 0.6) is 23.0 Å². The number of ether oxygens (including phenoxy) is 8. The number of hydrogen-bond acceptors (Lipinski definition) is 12. The molecule has 370 valence electrons. The number of halogens is 2. The molecule has 70 heavy (non-hydrogen) atoms. The normalized spacial score (nSPS) is 12.8. The third-order valence-corrected chi connectivity index (χ3v) is 10.8. The van der Waals surface area contributed by atoms with Crippen molar-refractivity contribution in [1.82, 2.24) is 10.6 Å². The van der Waals surface area contributed by atoms with Gasteiger partial charge >= 0.3 is 11.9 Å². The molecule has 0 radical (unpaired) electrons. The maximum atomic E-state index is 13.9. The lowest BCUT2D eigenvalue weighted by Crippen LogP contribution is -2.44. The fourth-order valence-electron chi connectivity index (χ4n) is 7.33. The van der Waals surface area contributed by atoms with Gasteiger partial charge in [0.2, 0.25) is 0 Å². The standard InChI is InChI=1S/C56H62F2N2O10/c1-3-63-49-21-11-13-23-51(49)67-39-53(59-35-15-25-47(43-27-31-45(57)32-28-43)65-37-41-17-7-5-8-18-41)69-55(61)56(62)70-54(40-68-52-24-14-12-22-50(52)64-4-2)60-36-16-26-48(44-29-33-46(58)34-30-44)66-38-42-19-9-6-10-20-42/h5-14,17-24,27-34,47-48,53-54,59-60H,3-4,15-16,25-26,35-40H2,1-2H3. The van der Waals surface area contributed by atoms with Gasteiger partial charge in [-0.1, -0.05) is 109 Å². The number of benzene rings is 6. The minimum absolute atomic E-state index is 0.185. The summed E-state index contributed by atoms with van der Waals surface area (Å²) in [4.78, 5) is 27.3. The average Bonchev–Trinajstić information content (AvgIpc) is 3.38. The molecule has 14 heteroatoms. The van der Waals surface area contributed by atoms with Gasteiger partial charge in [-0.25, -0.2) is 18.4 Å². The maximum absolute atomic E-state index is 13.9. The van der Waals surface area contributed by atoms with Crippen LogP contribution in [0.15, 0.2) is 158 Å². The first-order valence-corrected chi connectivity index (χ1v) is 23.7. The monoisotopic (exact) mass is 960 g/mol. The summed E-state index contributed by atoms with van der Waals surface area (Å²) in [6.07, 6.45) is -0.801. The lowest BCUT2D eigenvalue weighted by Gasteiger charge is -2.23. The topological polar surface area (TPSA) is 132 Å². The van der Waals surface area contributed by atoms with E-state index in [2.05, 4.69) is 10.6 Å². The summed E-state index contributed by atoms with van der Waals surface area (Å²) in [6.45, 7) is 5.49. The van der Waals surface area contributed by atoms with E-state index in [-0.39, 0.29) is 37.1 Å². The van der Waals surface area contributed by atoms with Crippen LogP contribution >= 0.6 is 0 Å². The number of hydrogen-bond donors (Lipinski definition) is 2. The molecule has 0 saturated heterocycles. The van der Waals surface area contributed by atoms with Crippen molar-refractivity contribution < 1.29 is 56.3 Å².